The number of benzene rings is 1. The fourth-order valence-corrected chi connectivity index (χ4v) is 2.03. The summed E-state index contributed by atoms with van der Waals surface area (Å²) in [5, 5.41) is 0.408. The molecule has 19 heavy (non-hydrogen) atoms. The van der Waals surface area contributed by atoms with Gasteiger partial charge in [-0.25, -0.2) is 4.79 Å². The van der Waals surface area contributed by atoms with Crippen molar-refractivity contribution in [2.24, 2.45) is 5.73 Å². The fraction of sp³-hybridized carbons (Fsp3) is 0.250. The highest BCUT2D eigenvalue weighted by Crippen LogP contribution is 2.22. The highest BCUT2D eigenvalue weighted by atomic mass is 35.5. The molecular weight excluding hydrogens is 270 g/mol. The van der Waals surface area contributed by atoms with Crippen LogP contribution in [0.2, 0.25) is 5.02 Å². The molecule has 1 saturated heterocycles. The van der Waals surface area contributed by atoms with Gasteiger partial charge in [0.15, 0.2) is 0 Å². The summed E-state index contributed by atoms with van der Waals surface area (Å²) in [6.45, 7) is 0.320. The van der Waals surface area contributed by atoms with Gasteiger partial charge in [0.05, 0.1) is 6.54 Å². The van der Waals surface area contributed by atoms with Gasteiger partial charge < -0.3 is 5.73 Å². The van der Waals surface area contributed by atoms with Crippen LogP contribution in [0.1, 0.15) is 11.1 Å². The third-order valence-electron chi connectivity index (χ3n) is 2.93. The lowest BCUT2D eigenvalue weighted by molar-refractivity contribution is -0.143. The van der Waals surface area contributed by atoms with Crippen LogP contribution in [-0.2, 0) is 22.7 Å². The van der Waals surface area contributed by atoms with E-state index in [4.69, 9.17) is 17.3 Å². The Balaban J connectivity index is 2.25. The summed E-state index contributed by atoms with van der Waals surface area (Å²) in [6.07, 6.45) is 0. The number of rotatable bonds is 3. The van der Waals surface area contributed by atoms with Crippen LogP contribution in [0.15, 0.2) is 18.2 Å². The van der Waals surface area contributed by atoms with Gasteiger partial charge in [-0.2, -0.15) is 0 Å². The summed E-state index contributed by atoms with van der Waals surface area (Å²) in [5.41, 5.74) is 6.92. The van der Waals surface area contributed by atoms with E-state index in [1.165, 1.54) is 7.05 Å². The first-order valence-electron chi connectivity index (χ1n) is 5.56. The molecule has 1 aromatic carbocycles. The van der Waals surface area contributed by atoms with Crippen molar-refractivity contribution >= 4 is 29.4 Å². The number of hydrogen-bond acceptors (Lipinski definition) is 4. The summed E-state index contributed by atoms with van der Waals surface area (Å²) in [6, 6.07) is 4.48. The zero-order valence-corrected chi connectivity index (χ0v) is 11.0. The Bertz CT molecular complexity index is 573. The third-order valence-corrected chi connectivity index (χ3v) is 3.28. The van der Waals surface area contributed by atoms with Crippen LogP contribution in [0, 0.1) is 0 Å². The third kappa shape index (κ3) is 2.32. The standard InChI is InChI=1S/C12H12ClN3O3/c1-15-10(17)11(18)16(12(15)19)6-8-3-2-7(5-14)4-9(8)13/h2-4H,5-6,14H2,1H3. The van der Waals surface area contributed by atoms with E-state index in [0.717, 1.165) is 15.4 Å². The molecule has 0 unspecified atom stereocenters. The number of hydrogen-bond donors (Lipinski definition) is 1. The quantitative estimate of drug-likeness (QED) is 0.653. The van der Waals surface area contributed by atoms with Gasteiger partial charge in [-0.1, -0.05) is 23.7 Å². The minimum Gasteiger partial charge on any atom is -0.326 e. The Morgan fingerprint density at radius 1 is 1.21 bits per heavy atom. The fourth-order valence-electron chi connectivity index (χ4n) is 1.77. The summed E-state index contributed by atoms with van der Waals surface area (Å²) in [7, 11) is 1.27. The van der Waals surface area contributed by atoms with Crippen LogP contribution in [0.25, 0.3) is 0 Å². The second-order valence-corrected chi connectivity index (χ2v) is 4.58. The van der Waals surface area contributed by atoms with Gasteiger partial charge in [0.25, 0.3) is 0 Å². The zero-order chi connectivity index (χ0) is 14.2. The summed E-state index contributed by atoms with van der Waals surface area (Å²) in [5.74, 6) is -1.67. The second kappa shape index (κ2) is 4.99. The molecule has 1 heterocycles. The largest absolute Gasteiger partial charge is 0.334 e. The molecule has 1 fully saturated rings. The van der Waals surface area contributed by atoms with Gasteiger partial charge >= 0.3 is 17.8 Å². The van der Waals surface area contributed by atoms with E-state index in [1.807, 2.05) is 0 Å². The van der Waals surface area contributed by atoms with E-state index >= 15 is 0 Å². The molecule has 0 radical (unpaired) electrons. The van der Waals surface area contributed by atoms with Crippen molar-refractivity contribution in [2.45, 2.75) is 13.1 Å². The smallest absolute Gasteiger partial charge is 0.326 e. The Morgan fingerprint density at radius 2 is 1.89 bits per heavy atom. The topological polar surface area (TPSA) is 83.7 Å². The molecule has 1 aliphatic heterocycles. The van der Waals surface area contributed by atoms with Crippen LogP contribution < -0.4 is 5.73 Å². The van der Waals surface area contributed by atoms with Crippen LogP contribution in [-0.4, -0.2) is 34.7 Å². The predicted octanol–water partition coefficient (Wildman–Crippen LogP) is 0.719. The van der Waals surface area contributed by atoms with Crippen molar-refractivity contribution < 1.29 is 14.4 Å². The number of carbonyl (C=O) groups excluding carboxylic acids is 3. The molecule has 7 heteroatoms. The van der Waals surface area contributed by atoms with Gasteiger partial charge in [0.1, 0.15) is 0 Å². The molecule has 100 valence electrons. The van der Waals surface area contributed by atoms with Gasteiger partial charge in [0, 0.05) is 18.6 Å². The van der Waals surface area contributed by atoms with E-state index in [1.54, 1.807) is 18.2 Å². The SMILES string of the molecule is CN1C(=O)C(=O)N(Cc2ccc(CN)cc2Cl)C1=O. The minimum atomic E-state index is -0.841. The molecule has 0 aromatic heterocycles. The van der Waals surface area contributed by atoms with Crippen molar-refractivity contribution in [1.82, 2.24) is 9.80 Å². The van der Waals surface area contributed by atoms with E-state index in [9.17, 15) is 14.4 Å². The molecule has 0 atom stereocenters. The summed E-state index contributed by atoms with van der Waals surface area (Å²) >= 11 is 6.05. The van der Waals surface area contributed by atoms with Gasteiger partial charge in [-0.15, -0.1) is 0 Å². The van der Waals surface area contributed by atoms with E-state index in [2.05, 4.69) is 0 Å². The van der Waals surface area contributed by atoms with Gasteiger partial charge in [-0.3, -0.25) is 19.4 Å². The van der Waals surface area contributed by atoms with Crippen molar-refractivity contribution in [3.63, 3.8) is 0 Å². The maximum absolute atomic E-state index is 11.7. The van der Waals surface area contributed by atoms with E-state index < -0.39 is 17.8 Å². The van der Waals surface area contributed by atoms with Crippen LogP contribution in [0.5, 0.6) is 0 Å². The first kappa shape index (κ1) is 13.5. The average Bonchev–Trinajstić information content (AvgIpc) is 2.58. The average molecular weight is 282 g/mol. The Hall–Kier alpha value is -1.92. The van der Waals surface area contributed by atoms with Crippen molar-refractivity contribution in [3.05, 3.63) is 34.3 Å². The maximum atomic E-state index is 11.7. The molecular formula is C12H12ClN3O3. The van der Waals surface area contributed by atoms with Crippen molar-refractivity contribution in [1.29, 1.82) is 0 Å². The monoisotopic (exact) mass is 281 g/mol. The number of carbonyl (C=O) groups is 3. The van der Waals surface area contributed by atoms with Gasteiger partial charge in [0.2, 0.25) is 0 Å². The highest BCUT2D eigenvalue weighted by molar-refractivity contribution is 6.44. The molecule has 1 aromatic rings. The van der Waals surface area contributed by atoms with Gasteiger partial charge in [-0.05, 0) is 17.2 Å². The molecule has 0 bridgehead atoms. The summed E-state index contributed by atoms with van der Waals surface area (Å²) in [4.78, 5) is 36.3. The number of nitrogens with two attached hydrogens (primary N) is 1. The maximum Gasteiger partial charge on any atom is 0.334 e. The zero-order valence-electron chi connectivity index (χ0n) is 10.2. The molecule has 6 nitrogen and oxygen atoms in total. The molecule has 1 aliphatic rings. The molecule has 0 spiro atoms. The normalized spacial score (nSPS) is 15.6. The molecule has 2 rings (SSSR count). The first-order chi connectivity index (χ1) is 8.95. The lowest BCUT2D eigenvalue weighted by Gasteiger charge is -2.14. The number of nitrogens with zero attached hydrogens (tertiary/aromatic N) is 2. The van der Waals surface area contributed by atoms with Crippen LogP contribution >= 0.6 is 11.6 Å². The molecule has 4 amide bonds. The summed E-state index contributed by atoms with van der Waals surface area (Å²) < 4.78 is 0. The Morgan fingerprint density at radius 3 is 2.37 bits per heavy atom. The number of imide groups is 2. The van der Waals surface area contributed by atoms with E-state index in [0.29, 0.717) is 17.1 Å². The first-order valence-corrected chi connectivity index (χ1v) is 5.94. The number of amides is 4. The van der Waals surface area contributed by atoms with Crippen molar-refractivity contribution in [3.8, 4) is 0 Å². The molecule has 2 N–H and O–H groups in total. The predicted molar refractivity (Wildman–Crippen MR) is 68.1 cm³/mol. The lowest BCUT2D eigenvalue weighted by atomic mass is 10.1. The second-order valence-electron chi connectivity index (χ2n) is 4.17. The lowest BCUT2D eigenvalue weighted by Crippen LogP contribution is -2.31. The highest BCUT2D eigenvalue weighted by Gasteiger charge is 2.42. The number of halogens is 1. The Labute approximate surface area is 114 Å². The molecule has 0 aliphatic carbocycles. The number of urea groups is 1. The van der Waals surface area contributed by atoms with E-state index in [-0.39, 0.29) is 6.54 Å². The van der Waals surface area contributed by atoms with Crippen molar-refractivity contribution in [2.75, 3.05) is 7.05 Å². The number of likely N-dealkylation sites (N-methyl/N-ethyl adjacent to an activating group) is 1. The minimum absolute atomic E-state index is 0.0303. The Kier molecular flexibility index (Phi) is 3.55. The molecule has 0 saturated carbocycles. The van der Waals surface area contributed by atoms with Crippen LogP contribution in [0.3, 0.4) is 0 Å². The van der Waals surface area contributed by atoms with Crippen LogP contribution in [0.4, 0.5) is 4.79 Å².